The van der Waals surface area contributed by atoms with Gasteiger partial charge in [0.1, 0.15) is 11.3 Å². The normalized spacial score (nSPS) is 13.0. The third-order valence-electron chi connectivity index (χ3n) is 3.53. The lowest BCUT2D eigenvalue weighted by atomic mass is 10.2. The van der Waals surface area contributed by atoms with E-state index in [4.69, 9.17) is 23.2 Å². The molecule has 0 saturated heterocycles. The SMILES string of the molecule is Cc1ccc(Cl)c(-n2c(C(C)Cl)nc3c(C)nn(C)c32)c1. The number of aromatic nitrogens is 4. The fourth-order valence-electron chi connectivity index (χ4n) is 2.59. The van der Waals surface area contributed by atoms with Gasteiger partial charge in [0.25, 0.3) is 0 Å². The van der Waals surface area contributed by atoms with Crippen LogP contribution in [-0.2, 0) is 7.05 Å². The third kappa shape index (κ3) is 2.23. The van der Waals surface area contributed by atoms with E-state index in [-0.39, 0.29) is 5.38 Å². The number of alkyl halides is 1. The number of fused-ring (bicyclic) bond motifs is 1. The van der Waals surface area contributed by atoms with E-state index in [0.29, 0.717) is 5.02 Å². The predicted octanol–water partition coefficient (Wildman–Crippen LogP) is 4.33. The van der Waals surface area contributed by atoms with Crippen LogP contribution in [-0.4, -0.2) is 19.3 Å². The molecule has 2 aromatic heterocycles. The van der Waals surface area contributed by atoms with Crippen LogP contribution in [0.25, 0.3) is 16.9 Å². The van der Waals surface area contributed by atoms with Crippen molar-refractivity contribution in [1.82, 2.24) is 19.3 Å². The van der Waals surface area contributed by atoms with Crippen LogP contribution in [0.3, 0.4) is 0 Å². The summed E-state index contributed by atoms with van der Waals surface area (Å²) in [6.45, 7) is 5.89. The molecule has 0 spiro atoms. The number of aryl methyl sites for hydroxylation is 3. The third-order valence-corrected chi connectivity index (χ3v) is 4.04. The zero-order chi connectivity index (χ0) is 15.3. The highest BCUT2D eigenvalue weighted by molar-refractivity contribution is 6.32. The van der Waals surface area contributed by atoms with Gasteiger partial charge in [0.15, 0.2) is 5.65 Å². The average Bonchev–Trinajstić information content (AvgIpc) is 2.92. The Bertz CT molecular complexity index is 830. The van der Waals surface area contributed by atoms with E-state index in [1.54, 1.807) is 0 Å². The van der Waals surface area contributed by atoms with Crippen molar-refractivity contribution in [3.05, 3.63) is 40.3 Å². The maximum absolute atomic E-state index is 6.40. The van der Waals surface area contributed by atoms with Crippen LogP contribution in [0.4, 0.5) is 0 Å². The van der Waals surface area contributed by atoms with Crippen molar-refractivity contribution in [3.8, 4) is 5.69 Å². The summed E-state index contributed by atoms with van der Waals surface area (Å²) in [4.78, 5) is 4.67. The molecule has 1 atom stereocenters. The number of imidazole rings is 1. The standard InChI is InChI=1S/C15H16Cl2N4/c1-8-5-6-11(17)12(7-8)21-14(9(2)16)18-13-10(3)19-20(4)15(13)21/h5-7,9H,1-4H3. The first-order valence-corrected chi connectivity index (χ1v) is 7.54. The first kappa shape index (κ1) is 14.4. The van der Waals surface area contributed by atoms with Crippen molar-refractivity contribution in [2.45, 2.75) is 26.1 Å². The molecule has 1 aromatic carbocycles. The highest BCUT2D eigenvalue weighted by Gasteiger charge is 2.22. The predicted molar refractivity (Wildman–Crippen MR) is 86.6 cm³/mol. The minimum absolute atomic E-state index is 0.228. The van der Waals surface area contributed by atoms with Crippen LogP contribution in [0.2, 0.25) is 5.02 Å². The topological polar surface area (TPSA) is 35.6 Å². The molecule has 0 bridgehead atoms. The molecule has 4 nitrogen and oxygen atoms in total. The van der Waals surface area contributed by atoms with E-state index in [2.05, 4.69) is 10.1 Å². The highest BCUT2D eigenvalue weighted by Crippen LogP contribution is 2.32. The van der Waals surface area contributed by atoms with Crippen molar-refractivity contribution < 1.29 is 0 Å². The minimum atomic E-state index is -0.228. The Morgan fingerprint density at radius 3 is 2.62 bits per heavy atom. The van der Waals surface area contributed by atoms with Crippen LogP contribution in [0.1, 0.15) is 29.4 Å². The number of hydrogen-bond acceptors (Lipinski definition) is 2. The molecule has 0 aliphatic rings. The first-order chi connectivity index (χ1) is 9.90. The molecule has 110 valence electrons. The van der Waals surface area contributed by atoms with Crippen molar-refractivity contribution >= 4 is 34.4 Å². The molecule has 0 aliphatic carbocycles. The highest BCUT2D eigenvalue weighted by atomic mass is 35.5. The molecule has 6 heteroatoms. The molecular weight excluding hydrogens is 307 g/mol. The van der Waals surface area contributed by atoms with Gasteiger partial charge in [0.05, 0.1) is 21.8 Å². The molecule has 0 saturated carbocycles. The maximum atomic E-state index is 6.40. The molecule has 2 heterocycles. The molecule has 21 heavy (non-hydrogen) atoms. The van der Waals surface area contributed by atoms with E-state index in [9.17, 15) is 0 Å². The van der Waals surface area contributed by atoms with Gasteiger partial charge in [0.2, 0.25) is 0 Å². The second-order valence-corrected chi connectivity index (χ2v) is 6.32. The summed E-state index contributed by atoms with van der Waals surface area (Å²) in [5.74, 6) is 0.773. The Morgan fingerprint density at radius 2 is 1.95 bits per heavy atom. The van der Waals surface area contributed by atoms with Gasteiger partial charge >= 0.3 is 0 Å². The molecule has 3 rings (SSSR count). The maximum Gasteiger partial charge on any atom is 0.163 e. The van der Waals surface area contributed by atoms with Crippen LogP contribution in [0.15, 0.2) is 18.2 Å². The second kappa shape index (κ2) is 5.04. The summed E-state index contributed by atoms with van der Waals surface area (Å²) >= 11 is 12.7. The largest absolute Gasteiger partial charge is 0.278 e. The number of hydrogen-bond donors (Lipinski definition) is 0. The van der Waals surface area contributed by atoms with Crippen molar-refractivity contribution in [3.63, 3.8) is 0 Å². The van der Waals surface area contributed by atoms with Crippen LogP contribution in [0, 0.1) is 13.8 Å². The van der Waals surface area contributed by atoms with E-state index in [0.717, 1.165) is 33.9 Å². The van der Waals surface area contributed by atoms with Crippen LogP contribution < -0.4 is 0 Å². The van der Waals surface area contributed by atoms with Gasteiger partial charge in [-0.15, -0.1) is 11.6 Å². The van der Waals surface area contributed by atoms with Gasteiger partial charge < -0.3 is 0 Å². The van der Waals surface area contributed by atoms with Crippen molar-refractivity contribution in [2.24, 2.45) is 7.05 Å². The molecule has 0 radical (unpaired) electrons. The lowest BCUT2D eigenvalue weighted by molar-refractivity contribution is 0.748. The zero-order valence-electron chi connectivity index (χ0n) is 12.4. The second-order valence-electron chi connectivity index (χ2n) is 5.26. The molecule has 0 amide bonds. The summed E-state index contributed by atoms with van der Waals surface area (Å²) in [7, 11) is 1.90. The smallest absolute Gasteiger partial charge is 0.163 e. The quantitative estimate of drug-likeness (QED) is 0.658. The van der Waals surface area contributed by atoms with Gasteiger partial charge in [-0.05, 0) is 38.5 Å². The van der Waals surface area contributed by atoms with Gasteiger partial charge in [-0.2, -0.15) is 5.10 Å². The van der Waals surface area contributed by atoms with E-state index in [1.807, 2.05) is 55.3 Å². The number of nitrogens with zero attached hydrogens (tertiary/aromatic N) is 4. The summed E-state index contributed by atoms with van der Waals surface area (Å²) in [5.41, 5.74) is 4.65. The zero-order valence-corrected chi connectivity index (χ0v) is 13.9. The Kier molecular flexibility index (Phi) is 3.46. The van der Waals surface area contributed by atoms with Gasteiger partial charge in [-0.1, -0.05) is 17.7 Å². The Hall–Kier alpha value is -1.52. The number of halogens is 2. The van der Waals surface area contributed by atoms with E-state index < -0.39 is 0 Å². The fraction of sp³-hybridized carbons (Fsp3) is 0.333. The van der Waals surface area contributed by atoms with Gasteiger partial charge in [-0.3, -0.25) is 4.57 Å². The number of benzene rings is 1. The summed E-state index contributed by atoms with van der Waals surface area (Å²) in [5, 5.41) is 4.87. The summed E-state index contributed by atoms with van der Waals surface area (Å²) in [6, 6.07) is 5.91. The van der Waals surface area contributed by atoms with E-state index in [1.165, 1.54) is 0 Å². The first-order valence-electron chi connectivity index (χ1n) is 6.72. The Labute approximate surface area is 133 Å². The lowest BCUT2D eigenvalue weighted by Crippen LogP contribution is -2.06. The Balaban J connectivity index is 2.44. The van der Waals surface area contributed by atoms with Gasteiger partial charge in [-0.25, -0.2) is 9.67 Å². The Morgan fingerprint density at radius 1 is 1.24 bits per heavy atom. The molecule has 1 unspecified atom stereocenters. The van der Waals surface area contributed by atoms with E-state index >= 15 is 0 Å². The molecular formula is C15H16Cl2N4. The molecule has 3 aromatic rings. The van der Waals surface area contributed by atoms with Crippen LogP contribution in [0.5, 0.6) is 0 Å². The average molecular weight is 323 g/mol. The molecule has 0 fully saturated rings. The van der Waals surface area contributed by atoms with Crippen LogP contribution >= 0.6 is 23.2 Å². The fourth-order valence-corrected chi connectivity index (χ4v) is 2.94. The van der Waals surface area contributed by atoms with Gasteiger partial charge in [0, 0.05) is 7.05 Å². The molecule has 0 aliphatic heterocycles. The summed E-state index contributed by atoms with van der Waals surface area (Å²) < 4.78 is 3.82. The van der Waals surface area contributed by atoms with Crippen molar-refractivity contribution in [1.29, 1.82) is 0 Å². The minimum Gasteiger partial charge on any atom is -0.278 e. The summed E-state index contributed by atoms with van der Waals surface area (Å²) in [6.07, 6.45) is 0. The lowest BCUT2D eigenvalue weighted by Gasteiger charge is -2.13. The molecule has 0 N–H and O–H groups in total. The number of rotatable bonds is 2. The van der Waals surface area contributed by atoms with Crippen molar-refractivity contribution in [2.75, 3.05) is 0 Å². The monoisotopic (exact) mass is 322 g/mol.